The van der Waals surface area contributed by atoms with Crippen molar-refractivity contribution in [2.75, 3.05) is 25.5 Å². The zero-order valence-electron chi connectivity index (χ0n) is 15.0. The van der Waals surface area contributed by atoms with Crippen molar-refractivity contribution in [1.82, 2.24) is 4.31 Å². The Hall–Kier alpha value is -2.23. The Morgan fingerprint density at radius 1 is 1.19 bits per heavy atom. The summed E-state index contributed by atoms with van der Waals surface area (Å²) < 4.78 is 31.5. The molecular weight excluding hydrogens is 388 g/mol. The van der Waals surface area contributed by atoms with E-state index in [1.54, 1.807) is 25.1 Å². The van der Waals surface area contributed by atoms with Crippen LogP contribution in [-0.2, 0) is 14.8 Å². The molecule has 0 aliphatic carbocycles. The molecule has 1 aliphatic rings. The summed E-state index contributed by atoms with van der Waals surface area (Å²) in [7, 11) is -2.29. The summed E-state index contributed by atoms with van der Waals surface area (Å²) in [5.74, 6) is -0.900. The maximum absolute atomic E-state index is 12.7. The predicted octanol–water partition coefficient (Wildman–Crippen LogP) is 2.88. The van der Waals surface area contributed by atoms with Gasteiger partial charge >= 0.3 is 5.97 Å². The molecule has 2 heterocycles. The Kier molecular flexibility index (Phi) is 5.64. The number of esters is 1. The van der Waals surface area contributed by atoms with Crippen LogP contribution in [-0.4, -0.2) is 44.8 Å². The molecule has 1 N–H and O–H groups in total. The van der Waals surface area contributed by atoms with Gasteiger partial charge in [-0.25, -0.2) is 13.2 Å². The number of thiophene rings is 1. The van der Waals surface area contributed by atoms with Crippen LogP contribution in [0.15, 0.2) is 35.2 Å². The van der Waals surface area contributed by atoms with E-state index < -0.39 is 21.9 Å². The summed E-state index contributed by atoms with van der Waals surface area (Å²) >= 11 is 1.11. The number of sulfonamides is 1. The first-order chi connectivity index (χ1) is 12.8. The van der Waals surface area contributed by atoms with Crippen LogP contribution in [0.3, 0.4) is 0 Å². The fraction of sp³-hybridized carbons (Fsp3) is 0.333. The van der Waals surface area contributed by atoms with E-state index in [0.717, 1.165) is 24.2 Å². The van der Waals surface area contributed by atoms with Crippen LogP contribution >= 0.6 is 11.3 Å². The lowest BCUT2D eigenvalue weighted by Gasteiger charge is -2.15. The highest BCUT2D eigenvalue weighted by molar-refractivity contribution is 7.89. The van der Waals surface area contributed by atoms with Crippen LogP contribution < -0.4 is 5.32 Å². The minimum Gasteiger partial charge on any atom is -0.465 e. The van der Waals surface area contributed by atoms with Gasteiger partial charge in [0.2, 0.25) is 10.0 Å². The number of hydrogen-bond acceptors (Lipinski definition) is 6. The van der Waals surface area contributed by atoms with Gasteiger partial charge in [0.25, 0.3) is 5.91 Å². The molecule has 3 rings (SSSR count). The number of carbonyl (C=O) groups is 2. The average molecular weight is 409 g/mol. The van der Waals surface area contributed by atoms with Crippen molar-refractivity contribution in [3.8, 4) is 0 Å². The number of carbonyl (C=O) groups excluding carboxylic acids is 2. The monoisotopic (exact) mass is 408 g/mol. The Balaban J connectivity index is 1.81. The molecule has 9 heteroatoms. The van der Waals surface area contributed by atoms with E-state index in [2.05, 4.69) is 5.32 Å². The fourth-order valence-corrected chi connectivity index (χ4v) is 5.45. The van der Waals surface area contributed by atoms with Crippen molar-refractivity contribution in [3.05, 3.63) is 46.3 Å². The van der Waals surface area contributed by atoms with E-state index >= 15 is 0 Å². The van der Waals surface area contributed by atoms with Gasteiger partial charge in [-0.1, -0.05) is 6.07 Å². The van der Waals surface area contributed by atoms with Crippen LogP contribution in [0, 0.1) is 6.92 Å². The Bertz CT molecular complexity index is 975. The third kappa shape index (κ3) is 4.05. The molecule has 2 aromatic rings. The van der Waals surface area contributed by atoms with Crippen molar-refractivity contribution in [2.24, 2.45) is 0 Å². The molecular formula is C18H20N2O5S2. The zero-order chi connectivity index (χ0) is 19.6. The first-order valence-electron chi connectivity index (χ1n) is 8.43. The number of ether oxygens (including phenoxy) is 1. The van der Waals surface area contributed by atoms with Gasteiger partial charge in [0.15, 0.2) is 0 Å². The number of methoxy groups -OCH3 is 1. The molecule has 7 nitrogen and oxygen atoms in total. The molecule has 0 radical (unpaired) electrons. The topological polar surface area (TPSA) is 92.8 Å². The molecule has 0 atom stereocenters. The van der Waals surface area contributed by atoms with Gasteiger partial charge in [0, 0.05) is 18.7 Å². The van der Waals surface area contributed by atoms with Crippen molar-refractivity contribution >= 4 is 38.2 Å². The molecule has 1 amide bonds. The number of benzene rings is 1. The van der Waals surface area contributed by atoms with E-state index in [1.165, 1.54) is 23.5 Å². The second-order valence-corrected chi connectivity index (χ2v) is 9.20. The Morgan fingerprint density at radius 3 is 2.56 bits per heavy atom. The van der Waals surface area contributed by atoms with Crippen molar-refractivity contribution in [2.45, 2.75) is 24.7 Å². The number of aryl methyl sites for hydroxylation is 1. The number of hydrogen-bond donors (Lipinski definition) is 1. The lowest BCUT2D eigenvalue weighted by molar-refractivity contribution is 0.0605. The molecule has 144 valence electrons. The Labute approximate surface area is 162 Å². The quantitative estimate of drug-likeness (QED) is 0.768. The van der Waals surface area contributed by atoms with Gasteiger partial charge in [0.1, 0.15) is 4.88 Å². The van der Waals surface area contributed by atoms with E-state index in [4.69, 9.17) is 4.74 Å². The Morgan fingerprint density at radius 2 is 1.89 bits per heavy atom. The molecule has 27 heavy (non-hydrogen) atoms. The summed E-state index contributed by atoms with van der Waals surface area (Å²) in [6.45, 7) is 2.76. The normalized spacial score (nSPS) is 14.9. The minimum atomic E-state index is -3.59. The lowest BCUT2D eigenvalue weighted by Crippen LogP contribution is -2.28. The molecule has 1 saturated heterocycles. The highest BCUT2D eigenvalue weighted by atomic mass is 32.2. The number of anilines is 1. The molecule has 1 fully saturated rings. The number of amides is 1. The zero-order valence-corrected chi connectivity index (χ0v) is 16.7. The van der Waals surface area contributed by atoms with Crippen LogP contribution in [0.4, 0.5) is 5.00 Å². The predicted molar refractivity (Wildman–Crippen MR) is 103 cm³/mol. The van der Waals surface area contributed by atoms with Gasteiger partial charge < -0.3 is 10.1 Å². The van der Waals surface area contributed by atoms with E-state index in [-0.39, 0.29) is 10.5 Å². The van der Waals surface area contributed by atoms with Gasteiger partial charge in [-0.15, -0.1) is 11.3 Å². The summed E-state index contributed by atoms with van der Waals surface area (Å²) in [6.07, 6.45) is 1.69. The van der Waals surface area contributed by atoms with Crippen LogP contribution in [0.1, 0.15) is 38.4 Å². The van der Waals surface area contributed by atoms with Gasteiger partial charge in [-0.2, -0.15) is 4.31 Å². The first kappa shape index (κ1) is 19.5. The molecule has 0 saturated carbocycles. The molecule has 0 unspecified atom stereocenters. The maximum Gasteiger partial charge on any atom is 0.348 e. The van der Waals surface area contributed by atoms with E-state index in [1.807, 2.05) is 0 Å². The third-order valence-electron chi connectivity index (χ3n) is 4.32. The van der Waals surface area contributed by atoms with E-state index in [0.29, 0.717) is 28.5 Å². The molecule has 1 aromatic heterocycles. The smallest absolute Gasteiger partial charge is 0.348 e. The molecule has 0 bridgehead atoms. The first-order valence-corrected chi connectivity index (χ1v) is 10.7. The summed E-state index contributed by atoms with van der Waals surface area (Å²) in [6, 6.07) is 7.66. The van der Waals surface area contributed by atoms with Gasteiger partial charge in [-0.3, -0.25) is 4.79 Å². The van der Waals surface area contributed by atoms with Gasteiger partial charge in [0.05, 0.1) is 17.0 Å². The minimum absolute atomic E-state index is 0.106. The highest BCUT2D eigenvalue weighted by Gasteiger charge is 2.27. The average Bonchev–Trinajstić information content (AvgIpc) is 3.31. The van der Waals surface area contributed by atoms with E-state index in [9.17, 15) is 18.0 Å². The molecule has 1 aromatic carbocycles. The summed E-state index contributed by atoms with van der Waals surface area (Å²) in [5.41, 5.74) is 0.938. The standard InChI is InChI=1S/C18H20N2O5S2/c1-12-10-15(26-16(12)18(22)25-2)19-17(21)13-6-5-7-14(11-13)27(23,24)20-8-3-4-9-20/h5-7,10-11H,3-4,8-9H2,1-2H3,(H,19,21). The fourth-order valence-electron chi connectivity index (χ4n) is 2.90. The number of rotatable bonds is 5. The maximum atomic E-state index is 12.7. The summed E-state index contributed by atoms with van der Waals surface area (Å²) in [4.78, 5) is 24.8. The van der Waals surface area contributed by atoms with Crippen molar-refractivity contribution in [3.63, 3.8) is 0 Å². The number of nitrogens with one attached hydrogen (secondary N) is 1. The molecule has 1 aliphatic heterocycles. The third-order valence-corrected chi connectivity index (χ3v) is 7.35. The number of nitrogens with zero attached hydrogens (tertiary/aromatic N) is 1. The second kappa shape index (κ2) is 7.79. The van der Waals surface area contributed by atoms with Crippen molar-refractivity contribution in [1.29, 1.82) is 0 Å². The largest absolute Gasteiger partial charge is 0.465 e. The molecule has 0 spiro atoms. The SMILES string of the molecule is COC(=O)c1sc(NC(=O)c2cccc(S(=O)(=O)N3CCCC3)c2)cc1C. The second-order valence-electron chi connectivity index (χ2n) is 6.21. The summed E-state index contributed by atoms with van der Waals surface area (Å²) in [5, 5.41) is 3.20. The van der Waals surface area contributed by atoms with Gasteiger partial charge in [-0.05, 0) is 49.6 Å². The van der Waals surface area contributed by atoms with Crippen LogP contribution in [0.2, 0.25) is 0 Å². The lowest BCUT2D eigenvalue weighted by atomic mass is 10.2. The van der Waals surface area contributed by atoms with Crippen LogP contribution in [0.25, 0.3) is 0 Å². The highest BCUT2D eigenvalue weighted by Crippen LogP contribution is 2.28. The van der Waals surface area contributed by atoms with Crippen molar-refractivity contribution < 1.29 is 22.7 Å². The van der Waals surface area contributed by atoms with Crippen LogP contribution in [0.5, 0.6) is 0 Å².